The van der Waals surface area contributed by atoms with Gasteiger partial charge < -0.3 is 4.90 Å². The highest BCUT2D eigenvalue weighted by molar-refractivity contribution is 5.94. The number of carbonyl (C=O) groups excluding carboxylic acids is 1. The Labute approximate surface area is 135 Å². The van der Waals surface area contributed by atoms with E-state index in [9.17, 15) is 9.59 Å². The number of carbonyl (C=O) groups is 1. The molecule has 2 unspecified atom stereocenters. The van der Waals surface area contributed by atoms with Crippen molar-refractivity contribution in [3.8, 4) is 0 Å². The van der Waals surface area contributed by atoms with Crippen LogP contribution < -0.4 is 5.56 Å². The number of hydrogen-bond donors (Lipinski definition) is 0. The van der Waals surface area contributed by atoms with Crippen molar-refractivity contribution in [3.63, 3.8) is 0 Å². The Morgan fingerprint density at radius 3 is 2.87 bits per heavy atom. The minimum absolute atomic E-state index is 0.141. The maximum atomic E-state index is 13.0. The fourth-order valence-corrected chi connectivity index (χ4v) is 4.21. The minimum atomic E-state index is -0.265. The van der Waals surface area contributed by atoms with Gasteiger partial charge in [-0.15, -0.1) is 0 Å². The fraction of sp³-hybridized carbons (Fsp3) is 0.500. The molecule has 0 aromatic carbocycles. The Kier molecular flexibility index (Phi) is 3.63. The molecule has 3 heterocycles. The zero-order valence-corrected chi connectivity index (χ0v) is 13.1. The van der Waals surface area contributed by atoms with Gasteiger partial charge >= 0.3 is 0 Å². The molecule has 2 atom stereocenters. The van der Waals surface area contributed by atoms with Crippen LogP contribution in [0.15, 0.2) is 35.4 Å². The maximum absolute atomic E-state index is 13.0. The summed E-state index contributed by atoms with van der Waals surface area (Å²) in [5, 5.41) is 0. The van der Waals surface area contributed by atoms with E-state index >= 15 is 0 Å². The number of amides is 1. The third-order valence-electron chi connectivity index (χ3n) is 5.35. The number of likely N-dealkylation sites (tertiary alicyclic amines) is 1. The second-order valence-electron chi connectivity index (χ2n) is 6.66. The van der Waals surface area contributed by atoms with Crippen molar-refractivity contribution >= 4 is 11.6 Å². The zero-order valence-electron chi connectivity index (χ0n) is 13.1. The molecule has 2 fully saturated rings. The molecule has 0 N–H and O–H groups in total. The summed E-state index contributed by atoms with van der Waals surface area (Å²) in [5.74, 6) is 0.468. The summed E-state index contributed by atoms with van der Waals surface area (Å²) >= 11 is 0. The van der Waals surface area contributed by atoms with Crippen LogP contribution in [-0.2, 0) is 0 Å². The van der Waals surface area contributed by atoms with Crippen LogP contribution in [0.25, 0.3) is 5.65 Å². The SMILES string of the molecule is O=C(c1cnc2ccccn2c1=O)N1CCCC2CCCCC21. The van der Waals surface area contributed by atoms with Crippen LogP contribution in [0.4, 0.5) is 0 Å². The lowest BCUT2D eigenvalue weighted by Gasteiger charge is -2.44. The predicted molar refractivity (Wildman–Crippen MR) is 87.5 cm³/mol. The molecule has 1 saturated heterocycles. The second kappa shape index (κ2) is 5.80. The highest BCUT2D eigenvalue weighted by Gasteiger charge is 2.36. The summed E-state index contributed by atoms with van der Waals surface area (Å²) in [6.45, 7) is 0.761. The highest BCUT2D eigenvalue weighted by Crippen LogP contribution is 2.35. The van der Waals surface area contributed by atoms with Gasteiger partial charge in [-0.25, -0.2) is 4.98 Å². The minimum Gasteiger partial charge on any atom is -0.335 e. The highest BCUT2D eigenvalue weighted by atomic mass is 16.2. The van der Waals surface area contributed by atoms with E-state index in [-0.39, 0.29) is 17.0 Å². The van der Waals surface area contributed by atoms with E-state index in [4.69, 9.17) is 0 Å². The molecule has 4 rings (SSSR count). The first-order chi connectivity index (χ1) is 11.3. The molecule has 23 heavy (non-hydrogen) atoms. The van der Waals surface area contributed by atoms with Gasteiger partial charge in [-0.1, -0.05) is 18.9 Å². The van der Waals surface area contributed by atoms with Crippen molar-refractivity contribution in [2.24, 2.45) is 5.92 Å². The van der Waals surface area contributed by atoms with E-state index in [0.717, 1.165) is 19.4 Å². The molecule has 2 aromatic rings. The summed E-state index contributed by atoms with van der Waals surface area (Å²) in [5.41, 5.74) is 0.502. The lowest BCUT2D eigenvalue weighted by molar-refractivity contribution is 0.0388. The predicted octanol–water partition coefficient (Wildman–Crippen LogP) is 2.49. The summed E-state index contributed by atoms with van der Waals surface area (Å²) in [7, 11) is 0. The van der Waals surface area contributed by atoms with Crippen molar-refractivity contribution in [3.05, 3.63) is 46.5 Å². The van der Waals surface area contributed by atoms with Crippen molar-refractivity contribution < 1.29 is 4.79 Å². The number of pyridine rings is 1. The van der Waals surface area contributed by atoms with Crippen molar-refractivity contribution in [1.29, 1.82) is 0 Å². The van der Waals surface area contributed by atoms with Crippen LogP contribution in [0.2, 0.25) is 0 Å². The molecular formula is C18H21N3O2. The van der Waals surface area contributed by atoms with Crippen LogP contribution >= 0.6 is 0 Å². The van der Waals surface area contributed by atoms with Gasteiger partial charge in [0.15, 0.2) is 0 Å². The van der Waals surface area contributed by atoms with Gasteiger partial charge in [-0.2, -0.15) is 0 Å². The molecule has 2 aromatic heterocycles. The summed E-state index contributed by atoms with van der Waals surface area (Å²) in [6.07, 6.45) is 10.1. The molecule has 0 spiro atoms. The van der Waals surface area contributed by atoms with E-state index in [2.05, 4.69) is 4.98 Å². The lowest BCUT2D eigenvalue weighted by atomic mass is 9.78. The topological polar surface area (TPSA) is 54.7 Å². The van der Waals surface area contributed by atoms with E-state index in [1.165, 1.54) is 36.3 Å². The molecule has 5 heteroatoms. The maximum Gasteiger partial charge on any atom is 0.270 e. The largest absolute Gasteiger partial charge is 0.335 e. The zero-order chi connectivity index (χ0) is 15.8. The first-order valence-corrected chi connectivity index (χ1v) is 8.53. The van der Waals surface area contributed by atoms with E-state index in [1.807, 2.05) is 11.0 Å². The van der Waals surface area contributed by atoms with E-state index in [1.54, 1.807) is 18.3 Å². The lowest BCUT2D eigenvalue weighted by Crippen LogP contribution is -2.50. The number of piperidine rings is 1. The monoisotopic (exact) mass is 311 g/mol. The molecule has 1 aliphatic carbocycles. The summed E-state index contributed by atoms with van der Waals surface area (Å²) < 4.78 is 1.45. The van der Waals surface area contributed by atoms with Crippen LogP contribution in [0.3, 0.4) is 0 Å². The molecule has 1 amide bonds. The smallest absolute Gasteiger partial charge is 0.270 e. The van der Waals surface area contributed by atoms with Crippen LogP contribution in [0.1, 0.15) is 48.9 Å². The van der Waals surface area contributed by atoms with Gasteiger partial charge in [0.05, 0.1) is 0 Å². The molecule has 5 nitrogen and oxygen atoms in total. The standard InChI is InChI=1S/C18H21N3O2/c22-17(20-11-5-7-13-6-1-2-8-15(13)20)14-12-19-16-9-3-4-10-21(16)18(14)23/h3-4,9-10,12-13,15H,1-2,5-8,11H2. The summed E-state index contributed by atoms with van der Waals surface area (Å²) in [4.78, 5) is 31.9. The quantitative estimate of drug-likeness (QED) is 0.813. The Morgan fingerprint density at radius 1 is 1.13 bits per heavy atom. The first kappa shape index (κ1) is 14.4. The van der Waals surface area contributed by atoms with Gasteiger partial charge in [0.2, 0.25) is 0 Å². The number of hydrogen-bond acceptors (Lipinski definition) is 3. The fourth-order valence-electron chi connectivity index (χ4n) is 4.21. The van der Waals surface area contributed by atoms with Gasteiger partial charge in [-0.05, 0) is 43.7 Å². The third kappa shape index (κ3) is 2.44. The number of fused-ring (bicyclic) bond motifs is 2. The van der Waals surface area contributed by atoms with Crippen LogP contribution in [0, 0.1) is 5.92 Å². The van der Waals surface area contributed by atoms with Crippen molar-refractivity contribution in [2.45, 2.75) is 44.6 Å². The normalized spacial score (nSPS) is 24.4. The van der Waals surface area contributed by atoms with Crippen molar-refractivity contribution in [1.82, 2.24) is 14.3 Å². The van der Waals surface area contributed by atoms with Crippen LogP contribution in [-0.4, -0.2) is 32.8 Å². The summed E-state index contributed by atoms with van der Waals surface area (Å²) in [6, 6.07) is 5.69. The van der Waals surface area contributed by atoms with Gasteiger partial charge in [0.1, 0.15) is 11.2 Å². The molecule has 1 aliphatic heterocycles. The average molecular weight is 311 g/mol. The van der Waals surface area contributed by atoms with Gasteiger partial charge in [-0.3, -0.25) is 14.0 Å². The van der Waals surface area contributed by atoms with Gasteiger partial charge in [0.25, 0.3) is 11.5 Å². The molecular weight excluding hydrogens is 290 g/mol. The molecule has 0 bridgehead atoms. The van der Waals surface area contributed by atoms with Crippen LogP contribution in [0.5, 0.6) is 0 Å². The molecule has 1 saturated carbocycles. The second-order valence-corrected chi connectivity index (χ2v) is 6.66. The number of rotatable bonds is 1. The Morgan fingerprint density at radius 2 is 1.96 bits per heavy atom. The number of nitrogens with zero attached hydrogens (tertiary/aromatic N) is 3. The first-order valence-electron chi connectivity index (χ1n) is 8.53. The third-order valence-corrected chi connectivity index (χ3v) is 5.35. The van der Waals surface area contributed by atoms with Crippen molar-refractivity contribution in [2.75, 3.05) is 6.54 Å². The average Bonchev–Trinajstić information content (AvgIpc) is 2.61. The van der Waals surface area contributed by atoms with E-state index < -0.39 is 0 Å². The number of aromatic nitrogens is 2. The van der Waals surface area contributed by atoms with Gasteiger partial charge in [0, 0.05) is 25.0 Å². The Hall–Kier alpha value is -2.17. The molecule has 0 radical (unpaired) electrons. The van der Waals surface area contributed by atoms with E-state index in [0.29, 0.717) is 17.6 Å². The molecule has 2 aliphatic rings. The Bertz CT molecular complexity index is 796. The molecule has 120 valence electrons. The Balaban J connectivity index is 1.71.